The van der Waals surface area contributed by atoms with Crippen LogP contribution in [0.5, 0.6) is 5.75 Å². The van der Waals surface area contributed by atoms with Crippen LogP contribution in [0.25, 0.3) is 0 Å². The summed E-state index contributed by atoms with van der Waals surface area (Å²) in [5, 5.41) is 0. The molecule has 0 bridgehead atoms. The molecular weight excluding hydrogens is 412 g/mol. The van der Waals surface area contributed by atoms with Crippen molar-refractivity contribution in [2.45, 2.75) is 19.4 Å². The summed E-state index contributed by atoms with van der Waals surface area (Å²) in [5.41, 5.74) is 0.952. The summed E-state index contributed by atoms with van der Waals surface area (Å²) in [6.45, 7) is 1.60. The second kappa shape index (κ2) is 8.61. The smallest absolute Gasteiger partial charge is 0.289 e. The van der Waals surface area contributed by atoms with Crippen LogP contribution in [-0.2, 0) is 11.3 Å². The molecule has 0 saturated carbocycles. The van der Waals surface area contributed by atoms with E-state index >= 15 is 0 Å². The maximum absolute atomic E-state index is 12.8. The summed E-state index contributed by atoms with van der Waals surface area (Å²) in [6.07, 6.45) is 2.81. The Balaban J connectivity index is 1.57. The Morgan fingerprint density at radius 1 is 1.30 bits per heavy atom. The largest absolute Gasteiger partial charge is 0.496 e. The van der Waals surface area contributed by atoms with Gasteiger partial charge in [-0.1, -0.05) is 15.9 Å². The molecule has 1 fully saturated rings. The van der Waals surface area contributed by atoms with Crippen molar-refractivity contribution in [1.29, 1.82) is 0 Å². The number of halogens is 1. The number of amides is 2. The van der Waals surface area contributed by atoms with Crippen molar-refractivity contribution in [2.24, 2.45) is 5.92 Å². The first-order chi connectivity index (χ1) is 13.0. The van der Waals surface area contributed by atoms with Crippen LogP contribution in [0.15, 0.2) is 45.5 Å². The molecule has 1 aromatic heterocycles. The molecule has 0 spiro atoms. The molecule has 6 nitrogen and oxygen atoms in total. The maximum atomic E-state index is 12.8. The van der Waals surface area contributed by atoms with Crippen LogP contribution in [0.3, 0.4) is 0 Å². The van der Waals surface area contributed by atoms with Gasteiger partial charge in [0.1, 0.15) is 5.75 Å². The van der Waals surface area contributed by atoms with Crippen LogP contribution in [0.4, 0.5) is 0 Å². The Morgan fingerprint density at radius 2 is 2.04 bits per heavy atom. The highest BCUT2D eigenvalue weighted by Crippen LogP contribution is 2.26. The highest BCUT2D eigenvalue weighted by atomic mass is 79.9. The van der Waals surface area contributed by atoms with Crippen LogP contribution in [0.2, 0.25) is 0 Å². The first-order valence-corrected chi connectivity index (χ1v) is 9.69. The number of ether oxygens (including phenoxy) is 1. The fourth-order valence-electron chi connectivity index (χ4n) is 3.40. The predicted molar refractivity (Wildman–Crippen MR) is 105 cm³/mol. The number of hydrogen-bond donors (Lipinski definition) is 0. The van der Waals surface area contributed by atoms with E-state index < -0.39 is 0 Å². The third-order valence-corrected chi connectivity index (χ3v) is 5.38. The second-order valence-electron chi connectivity index (χ2n) is 6.69. The first-order valence-electron chi connectivity index (χ1n) is 8.89. The van der Waals surface area contributed by atoms with Crippen molar-refractivity contribution in [3.63, 3.8) is 0 Å². The number of rotatable bonds is 5. The van der Waals surface area contributed by atoms with Gasteiger partial charge in [-0.25, -0.2) is 0 Å². The van der Waals surface area contributed by atoms with E-state index in [1.165, 1.54) is 6.26 Å². The molecule has 3 rings (SSSR count). The van der Waals surface area contributed by atoms with Crippen molar-refractivity contribution in [3.8, 4) is 5.75 Å². The van der Waals surface area contributed by atoms with Crippen LogP contribution >= 0.6 is 15.9 Å². The van der Waals surface area contributed by atoms with Gasteiger partial charge in [-0.05, 0) is 43.2 Å². The molecule has 1 aliphatic rings. The molecule has 27 heavy (non-hydrogen) atoms. The summed E-state index contributed by atoms with van der Waals surface area (Å²) in [7, 11) is 3.43. The lowest BCUT2D eigenvalue weighted by molar-refractivity contribution is -0.136. The molecule has 144 valence electrons. The molecule has 0 atom stereocenters. The number of methoxy groups -OCH3 is 1. The number of furan rings is 1. The highest BCUT2D eigenvalue weighted by molar-refractivity contribution is 9.10. The molecule has 0 unspecified atom stereocenters. The minimum absolute atomic E-state index is 0.0752. The summed E-state index contributed by atoms with van der Waals surface area (Å²) in [5.74, 6) is 1.02. The standard InChI is InChI=1S/C20H23BrN2O4/c1-22(13-15-12-16(21)5-6-17(15)26-2)19(24)14-7-9-23(10-8-14)20(25)18-4-3-11-27-18/h3-6,11-12,14H,7-10,13H2,1-2H3. The zero-order valence-electron chi connectivity index (χ0n) is 15.5. The maximum Gasteiger partial charge on any atom is 0.289 e. The molecule has 2 aromatic rings. The zero-order valence-corrected chi connectivity index (χ0v) is 17.1. The average Bonchev–Trinajstić information content (AvgIpc) is 3.22. The van der Waals surface area contributed by atoms with Crippen molar-refractivity contribution in [1.82, 2.24) is 9.80 Å². The number of likely N-dealkylation sites (tertiary alicyclic amines) is 1. The Kier molecular flexibility index (Phi) is 6.21. The lowest BCUT2D eigenvalue weighted by atomic mass is 9.95. The summed E-state index contributed by atoms with van der Waals surface area (Å²) >= 11 is 3.46. The van der Waals surface area contributed by atoms with Gasteiger partial charge in [0.05, 0.1) is 13.4 Å². The van der Waals surface area contributed by atoms with Gasteiger partial charge in [0, 0.05) is 42.6 Å². The van der Waals surface area contributed by atoms with E-state index in [4.69, 9.17) is 9.15 Å². The molecule has 7 heteroatoms. The van der Waals surface area contributed by atoms with Crippen LogP contribution in [0, 0.1) is 5.92 Å². The van der Waals surface area contributed by atoms with E-state index in [1.54, 1.807) is 29.0 Å². The fraction of sp³-hybridized carbons (Fsp3) is 0.400. The summed E-state index contributed by atoms with van der Waals surface area (Å²) in [4.78, 5) is 28.7. The molecule has 1 aromatic carbocycles. The van der Waals surface area contributed by atoms with Crippen LogP contribution in [0.1, 0.15) is 29.0 Å². The van der Waals surface area contributed by atoms with Crippen molar-refractivity contribution in [3.05, 3.63) is 52.4 Å². The Bertz CT molecular complexity index is 798. The minimum Gasteiger partial charge on any atom is -0.496 e. The molecule has 0 radical (unpaired) electrons. The molecule has 0 aliphatic carbocycles. The number of hydrogen-bond acceptors (Lipinski definition) is 4. The van der Waals surface area contributed by atoms with Gasteiger partial charge in [0.15, 0.2) is 5.76 Å². The quantitative estimate of drug-likeness (QED) is 0.721. The number of carbonyl (C=O) groups excluding carboxylic acids is 2. The lowest BCUT2D eigenvalue weighted by Crippen LogP contribution is -2.43. The van der Waals surface area contributed by atoms with Crippen molar-refractivity contribution >= 4 is 27.7 Å². The Morgan fingerprint density at radius 3 is 2.67 bits per heavy atom. The first kappa shape index (κ1) is 19.5. The summed E-state index contributed by atoms with van der Waals surface area (Å²) < 4.78 is 11.5. The van der Waals surface area contributed by atoms with Gasteiger partial charge in [-0.3, -0.25) is 9.59 Å². The highest BCUT2D eigenvalue weighted by Gasteiger charge is 2.30. The van der Waals surface area contributed by atoms with Gasteiger partial charge >= 0.3 is 0 Å². The molecule has 2 amide bonds. The summed E-state index contributed by atoms with van der Waals surface area (Å²) in [6, 6.07) is 9.13. The fourth-order valence-corrected chi connectivity index (χ4v) is 3.81. The van der Waals surface area contributed by atoms with Gasteiger partial charge in [0.25, 0.3) is 5.91 Å². The minimum atomic E-state index is -0.113. The average molecular weight is 435 g/mol. The van der Waals surface area contributed by atoms with Gasteiger partial charge < -0.3 is 19.0 Å². The molecule has 2 heterocycles. The van der Waals surface area contributed by atoms with Crippen molar-refractivity contribution in [2.75, 3.05) is 27.2 Å². The third kappa shape index (κ3) is 4.53. The van der Waals surface area contributed by atoms with E-state index in [1.807, 2.05) is 25.2 Å². The topological polar surface area (TPSA) is 63.0 Å². The van der Waals surface area contributed by atoms with E-state index in [0.717, 1.165) is 15.8 Å². The Hall–Kier alpha value is -2.28. The molecule has 1 saturated heterocycles. The predicted octanol–water partition coefficient (Wildman–Crippen LogP) is 3.56. The normalized spacial score (nSPS) is 14.9. The molecule has 1 aliphatic heterocycles. The number of piperidine rings is 1. The monoisotopic (exact) mass is 434 g/mol. The van der Waals surface area contributed by atoms with E-state index in [9.17, 15) is 9.59 Å². The van der Waals surface area contributed by atoms with Crippen LogP contribution in [-0.4, -0.2) is 48.9 Å². The van der Waals surface area contributed by atoms with Gasteiger partial charge in [0.2, 0.25) is 5.91 Å². The van der Waals surface area contributed by atoms with E-state index in [0.29, 0.717) is 38.2 Å². The molecular formula is C20H23BrN2O4. The number of carbonyl (C=O) groups is 2. The number of nitrogens with zero attached hydrogens (tertiary/aromatic N) is 2. The van der Waals surface area contributed by atoms with Crippen LogP contribution < -0.4 is 4.74 Å². The second-order valence-corrected chi connectivity index (χ2v) is 7.61. The van der Waals surface area contributed by atoms with Gasteiger partial charge in [-0.2, -0.15) is 0 Å². The van der Waals surface area contributed by atoms with E-state index in [2.05, 4.69) is 15.9 Å². The molecule has 0 N–H and O–H groups in total. The number of benzene rings is 1. The van der Waals surface area contributed by atoms with E-state index in [-0.39, 0.29) is 17.7 Å². The Labute approximate surface area is 167 Å². The SMILES string of the molecule is COc1ccc(Br)cc1CN(C)C(=O)C1CCN(C(=O)c2ccco2)CC1. The van der Waals surface area contributed by atoms with Gasteiger partial charge in [-0.15, -0.1) is 0 Å². The third-order valence-electron chi connectivity index (χ3n) is 4.89. The zero-order chi connectivity index (χ0) is 19.4. The van der Waals surface area contributed by atoms with Crippen molar-refractivity contribution < 1.29 is 18.7 Å². The lowest BCUT2D eigenvalue weighted by Gasteiger charge is -2.33.